The third-order valence-electron chi connectivity index (χ3n) is 5.32. The van der Waals surface area contributed by atoms with Gasteiger partial charge in [-0.25, -0.2) is 0 Å². The number of carbonyl (C=O) groups excluding carboxylic acids is 1. The van der Waals surface area contributed by atoms with Gasteiger partial charge in [0, 0.05) is 29.7 Å². The molecule has 0 radical (unpaired) electrons. The highest BCUT2D eigenvalue weighted by Crippen LogP contribution is 2.36. The largest absolute Gasteiger partial charge is 0.497 e. The number of hydrogen-bond donors (Lipinski definition) is 1. The summed E-state index contributed by atoms with van der Waals surface area (Å²) in [6.07, 6.45) is 0. The zero-order valence-corrected chi connectivity index (χ0v) is 20.2. The molecule has 4 aromatic rings. The average Bonchev–Trinajstić information content (AvgIpc) is 2.88. The Morgan fingerprint density at radius 3 is 2.09 bits per heavy atom. The second kappa shape index (κ2) is 9.94. The van der Waals surface area contributed by atoms with Crippen LogP contribution in [0, 0.1) is 0 Å². The molecule has 0 bridgehead atoms. The molecule has 10 heteroatoms. The smallest absolute Gasteiger partial charge is 0.279 e. The molecule has 1 aromatic heterocycles. The molecule has 9 nitrogen and oxygen atoms in total. The maximum Gasteiger partial charge on any atom is 0.279 e. The molecule has 1 amide bonds. The Kier molecular flexibility index (Phi) is 6.79. The van der Waals surface area contributed by atoms with Crippen LogP contribution < -0.4 is 29.8 Å². The van der Waals surface area contributed by atoms with E-state index in [1.165, 1.54) is 34.5 Å². The first-order valence-corrected chi connectivity index (χ1v) is 10.8. The summed E-state index contributed by atoms with van der Waals surface area (Å²) in [6.45, 7) is 0. The quantitative estimate of drug-likeness (QED) is 0.407. The highest BCUT2D eigenvalue weighted by molar-refractivity contribution is 6.32. The number of halogens is 1. The number of hydrogen-bond acceptors (Lipinski definition) is 7. The van der Waals surface area contributed by atoms with Gasteiger partial charge in [-0.05, 0) is 12.1 Å². The molecule has 1 N–H and O–H groups in total. The Hall–Kier alpha value is -4.24. The molecular weight excluding hydrogens is 474 g/mol. The van der Waals surface area contributed by atoms with Gasteiger partial charge in [-0.15, -0.1) is 0 Å². The van der Waals surface area contributed by atoms with Crippen molar-refractivity contribution in [2.45, 2.75) is 0 Å². The predicted molar refractivity (Wildman–Crippen MR) is 133 cm³/mol. The number of rotatable bonds is 7. The van der Waals surface area contributed by atoms with E-state index in [-0.39, 0.29) is 10.7 Å². The lowest BCUT2D eigenvalue weighted by Gasteiger charge is -2.15. The Balaban J connectivity index is 1.88. The van der Waals surface area contributed by atoms with Crippen molar-refractivity contribution in [1.29, 1.82) is 0 Å². The molecule has 0 unspecified atom stereocenters. The Morgan fingerprint density at radius 2 is 1.49 bits per heavy atom. The fourth-order valence-corrected chi connectivity index (χ4v) is 3.83. The molecular formula is C25H22ClN3O6. The van der Waals surface area contributed by atoms with Crippen LogP contribution in [-0.4, -0.2) is 44.1 Å². The van der Waals surface area contributed by atoms with Gasteiger partial charge in [-0.3, -0.25) is 9.59 Å². The highest BCUT2D eigenvalue weighted by atomic mass is 35.5. The van der Waals surface area contributed by atoms with Crippen LogP contribution in [0.5, 0.6) is 23.0 Å². The number of fused-ring (bicyclic) bond motifs is 1. The van der Waals surface area contributed by atoms with E-state index in [2.05, 4.69) is 10.4 Å². The topological polar surface area (TPSA) is 101 Å². The van der Waals surface area contributed by atoms with E-state index in [1.54, 1.807) is 48.5 Å². The zero-order valence-electron chi connectivity index (χ0n) is 19.4. The van der Waals surface area contributed by atoms with Gasteiger partial charge >= 0.3 is 0 Å². The Morgan fingerprint density at radius 1 is 0.857 bits per heavy atom. The molecule has 0 fully saturated rings. The van der Waals surface area contributed by atoms with Gasteiger partial charge in [-0.2, -0.15) is 9.78 Å². The van der Waals surface area contributed by atoms with Gasteiger partial charge in [0.15, 0.2) is 5.69 Å². The second-order valence-corrected chi connectivity index (χ2v) is 7.73. The van der Waals surface area contributed by atoms with Crippen LogP contribution in [0.2, 0.25) is 5.02 Å². The molecule has 0 aliphatic rings. The van der Waals surface area contributed by atoms with Crippen LogP contribution in [-0.2, 0) is 0 Å². The van der Waals surface area contributed by atoms with Crippen molar-refractivity contribution in [1.82, 2.24) is 9.78 Å². The summed E-state index contributed by atoms with van der Waals surface area (Å²) in [6, 6.07) is 14.7. The van der Waals surface area contributed by atoms with E-state index in [9.17, 15) is 9.59 Å². The van der Waals surface area contributed by atoms with Crippen molar-refractivity contribution in [2.75, 3.05) is 33.8 Å². The number of nitrogens with zero attached hydrogens (tertiary/aromatic N) is 2. The molecule has 4 rings (SSSR count). The van der Waals surface area contributed by atoms with E-state index in [4.69, 9.17) is 30.5 Å². The van der Waals surface area contributed by atoms with Crippen LogP contribution in [0.3, 0.4) is 0 Å². The van der Waals surface area contributed by atoms with Gasteiger partial charge in [0.05, 0.1) is 50.2 Å². The standard InChI is InChI=1S/C25H22ClN3O6/c1-32-15-9-14(10-16(11-15)33-2)29-25(31)18-8-6-5-7-17(18)23(28-29)24(30)27-20-12-19(26)21(34-3)13-22(20)35-4/h5-13H,1-4H3,(H,27,30). The number of carbonyl (C=O) groups is 1. The molecule has 0 atom stereocenters. The Labute approximate surface area is 205 Å². The average molecular weight is 496 g/mol. The second-order valence-electron chi connectivity index (χ2n) is 7.32. The molecule has 0 saturated carbocycles. The lowest BCUT2D eigenvalue weighted by Crippen LogP contribution is -2.26. The molecule has 0 spiro atoms. The van der Waals surface area contributed by atoms with E-state index < -0.39 is 11.5 Å². The minimum atomic E-state index is -0.565. The first-order chi connectivity index (χ1) is 16.9. The monoisotopic (exact) mass is 495 g/mol. The van der Waals surface area contributed by atoms with E-state index in [0.717, 1.165) is 4.68 Å². The molecule has 1 heterocycles. The minimum absolute atomic E-state index is 0.0241. The SMILES string of the molecule is COc1cc(OC)cc(-n2nc(C(=O)Nc3cc(Cl)c(OC)cc3OC)c3ccccc3c2=O)c1. The number of anilines is 1. The number of nitrogens with one attached hydrogen (secondary N) is 1. The minimum Gasteiger partial charge on any atom is -0.497 e. The molecule has 0 saturated heterocycles. The number of methoxy groups -OCH3 is 4. The Bertz CT molecular complexity index is 1460. The maximum atomic E-state index is 13.4. The summed E-state index contributed by atoms with van der Waals surface area (Å²) in [4.78, 5) is 26.7. The van der Waals surface area contributed by atoms with Crippen molar-refractivity contribution in [3.8, 4) is 28.7 Å². The maximum absolute atomic E-state index is 13.4. The van der Waals surface area contributed by atoms with Crippen molar-refractivity contribution in [3.05, 3.63) is 75.7 Å². The van der Waals surface area contributed by atoms with E-state index in [1.807, 2.05) is 0 Å². The number of aromatic nitrogens is 2. The van der Waals surface area contributed by atoms with E-state index in [0.29, 0.717) is 45.1 Å². The third kappa shape index (κ3) is 4.58. The van der Waals surface area contributed by atoms with Gasteiger partial charge in [0.1, 0.15) is 23.0 Å². The number of amides is 1. The summed E-state index contributed by atoms with van der Waals surface area (Å²) < 4.78 is 22.4. The lowest BCUT2D eigenvalue weighted by molar-refractivity contribution is 0.102. The first kappa shape index (κ1) is 23.9. The molecule has 35 heavy (non-hydrogen) atoms. The fraction of sp³-hybridized carbons (Fsp3) is 0.160. The lowest BCUT2D eigenvalue weighted by atomic mass is 10.1. The summed E-state index contributed by atoms with van der Waals surface area (Å²) >= 11 is 6.25. The van der Waals surface area contributed by atoms with Gasteiger partial charge in [0.2, 0.25) is 0 Å². The van der Waals surface area contributed by atoms with Crippen molar-refractivity contribution < 1.29 is 23.7 Å². The van der Waals surface area contributed by atoms with Crippen LogP contribution in [0.4, 0.5) is 5.69 Å². The van der Waals surface area contributed by atoms with Crippen LogP contribution in [0.1, 0.15) is 10.5 Å². The fourth-order valence-electron chi connectivity index (χ4n) is 3.59. The van der Waals surface area contributed by atoms with Crippen LogP contribution >= 0.6 is 11.6 Å². The first-order valence-electron chi connectivity index (χ1n) is 10.4. The van der Waals surface area contributed by atoms with Gasteiger partial charge in [0.25, 0.3) is 11.5 Å². The van der Waals surface area contributed by atoms with Gasteiger partial charge < -0.3 is 24.3 Å². The van der Waals surface area contributed by atoms with Gasteiger partial charge in [-0.1, -0.05) is 29.8 Å². The highest BCUT2D eigenvalue weighted by Gasteiger charge is 2.20. The van der Waals surface area contributed by atoms with Crippen molar-refractivity contribution in [2.24, 2.45) is 0 Å². The zero-order chi connectivity index (χ0) is 25.1. The molecule has 0 aliphatic carbocycles. The molecule has 0 aliphatic heterocycles. The summed E-state index contributed by atoms with van der Waals surface area (Å²) in [7, 11) is 5.94. The number of benzene rings is 3. The van der Waals surface area contributed by atoms with Crippen molar-refractivity contribution in [3.63, 3.8) is 0 Å². The summed E-state index contributed by atoms with van der Waals surface area (Å²) in [5, 5.41) is 8.18. The van der Waals surface area contributed by atoms with Crippen LogP contribution in [0.25, 0.3) is 16.5 Å². The normalized spacial score (nSPS) is 10.7. The van der Waals surface area contributed by atoms with Crippen LogP contribution in [0.15, 0.2) is 59.4 Å². The molecule has 180 valence electrons. The number of ether oxygens (including phenoxy) is 4. The summed E-state index contributed by atoms with van der Waals surface area (Å²) in [5.41, 5.74) is 0.305. The third-order valence-corrected chi connectivity index (χ3v) is 5.62. The molecule has 3 aromatic carbocycles. The predicted octanol–water partition coefficient (Wildman–Crippen LogP) is 4.33. The van der Waals surface area contributed by atoms with Crippen molar-refractivity contribution >= 4 is 34.0 Å². The summed E-state index contributed by atoms with van der Waals surface area (Å²) in [5.74, 6) is 1.10. The van der Waals surface area contributed by atoms with E-state index >= 15 is 0 Å².